The highest BCUT2D eigenvalue weighted by atomic mass is 16.3. The topological polar surface area (TPSA) is 55.7 Å². The van der Waals surface area contributed by atoms with Crippen LogP contribution in [0.4, 0.5) is 0 Å². The van der Waals surface area contributed by atoms with Crippen LogP contribution in [0.2, 0.25) is 0 Å². The Kier molecular flexibility index (Phi) is 5.53. The molecular formula is C11H24N2O2. The van der Waals surface area contributed by atoms with Crippen molar-refractivity contribution < 1.29 is 10.2 Å². The zero-order valence-corrected chi connectivity index (χ0v) is 9.82. The van der Waals surface area contributed by atoms with Gasteiger partial charge >= 0.3 is 0 Å². The maximum absolute atomic E-state index is 9.15. The molecule has 0 aromatic carbocycles. The van der Waals surface area contributed by atoms with Gasteiger partial charge in [0.2, 0.25) is 0 Å². The van der Waals surface area contributed by atoms with E-state index in [2.05, 4.69) is 24.1 Å². The Morgan fingerprint density at radius 2 is 2.20 bits per heavy atom. The van der Waals surface area contributed by atoms with E-state index in [1.165, 1.54) is 13.0 Å². The predicted molar refractivity (Wildman–Crippen MR) is 60.8 cm³/mol. The third-order valence-corrected chi connectivity index (χ3v) is 3.07. The molecule has 3 N–H and O–H groups in total. The van der Waals surface area contributed by atoms with E-state index >= 15 is 0 Å². The smallest absolute Gasteiger partial charge is 0.0894 e. The van der Waals surface area contributed by atoms with Crippen LogP contribution in [0.5, 0.6) is 0 Å². The summed E-state index contributed by atoms with van der Waals surface area (Å²) in [6, 6.07) is 0.637. The number of nitrogens with one attached hydrogen (secondary N) is 1. The molecule has 4 heteroatoms. The fourth-order valence-corrected chi connectivity index (χ4v) is 2.02. The Labute approximate surface area is 92.3 Å². The van der Waals surface area contributed by atoms with Gasteiger partial charge in [0.15, 0.2) is 0 Å². The quantitative estimate of drug-likeness (QED) is 0.568. The molecule has 90 valence electrons. The molecule has 1 heterocycles. The van der Waals surface area contributed by atoms with Crippen molar-refractivity contribution in [2.45, 2.75) is 32.4 Å². The lowest BCUT2D eigenvalue weighted by Gasteiger charge is -2.20. The molecular weight excluding hydrogens is 192 g/mol. The van der Waals surface area contributed by atoms with Crippen LogP contribution < -0.4 is 5.32 Å². The molecule has 0 aromatic heterocycles. The van der Waals surface area contributed by atoms with Gasteiger partial charge in [-0.2, -0.15) is 0 Å². The molecule has 0 aliphatic carbocycles. The SMILES string of the molecule is CC(C)N1CCC(CNC[C@H](O)CO)C1. The van der Waals surface area contributed by atoms with Crippen molar-refractivity contribution in [1.29, 1.82) is 0 Å². The van der Waals surface area contributed by atoms with E-state index in [1.807, 2.05) is 0 Å². The molecule has 1 saturated heterocycles. The first-order chi connectivity index (χ1) is 7.13. The summed E-state index contributed by atoms with van der Waals surface area (Å²) in [6.45, 7) is 8.08. The van der Waals surface area contributed by atoms with E-state index in [-0.39, 0.29) is 6.61 Å². The van der Waals surface area contributed by atoms with Crippen LogP contribution in [0, 0.1) is 5.92 Å². The van der Waals surface area contributed by atoms with Gasteiger partial charge in [0.05, 0.1) is 12.7 Å². The van der Waals surface area contributed by atoms with Gasteiger partial charge in [-0.05, 0) is 39.3 Å². The molecule has 0 amide bonds. The summed E-state index contributed by atoms with van der Waals surface area (Å²) < 4.78 is 0. The van der Waals surface area contributed by atoms with Gasteiger partial charge in [-0.15, -0.1) is 0 Å². The van der Waals surface area contributed by atoms with Crippen LogP contribution in [-0.4, -0.2) is 60.0 Å². The van der Waals surface area contributed by atoms with E-state index in [0.29, 0.717) is 18.5 Å². The van der Waals surface area contributed by atoms with Crippen LogP contribution in [0.3, 0.4) is 0 Å². The van der Waals surface area contributed by atoms with Crippen molar-refractivity contribution in [2.24, 2.45) is 5.92 Å². The molecule has 1 aliphatic rings. The minimum absolute atomic E-state index is 0.157. The summed E-state index contributed by atoms with van der Waals surface area (Å²) in [5.74, 6) is 0.693. The van der Waals surface area contributed by atoms with Crippen molar-refractivity contribution in [3.8, 4) is 0 Å². The number of hydrogen-bond acceptors (Lipinski definition) is 4. The van der Waals surface area contributed by atoms with Crippen LogP contribution in [0.25, 0.3) is 0 Å². The normalized spacial score (nSPS) is 25.0. The third kappa shape index (κ3) is 4.47. The first kappa shape index (κ1) is 12.9. The Morgan fingerprint density at radius 3 is 2.73 bits per heavy atom. The first-order valence-electron chi connectivity index (χ1n) is 5.87. The highest BCUT2D eigenvalue weighted by Gasteiger charge is 2.23. The maximum atomic E-state index is 9.15. The van der Waals surface area contributed by atoms with Crippen molar-refractivity contribution in [1.82, 2.24) is 10.2 Å². The second kappa shape index (κ2) is 6.43. The van der Waals surface area contributed by atoms with Gasteiger partial charge in [0.1, 0.15) is 0 Å². The molecule has 1 unspecified atom stereocenters. The Balaban J connectivity index is 2.09. The summed E-state index contributed by atoms with van der Waals surface area (Å²) in [7, 11) is 0. The Morgan fingerprint density at radius 1 is 1.47 bits per heavy atom. The summed E-state index contributed by atoms with van der Waals surface area (Å²) in [5, 5.41) is 21.0. The molecule has 2 atom stereocenters. The second-order valence-corrected chi connectivity index (χ2v) is 4.74. The number of hydrogen-bond donors (Lipinski definition) is 3. The van der Waals surface area contributed by atoms with Crippen LogP contribution in [0.1, 0.15) is 20.3 Å². The van der Waals surface area contributed by atoms with Crippen LogP contribution in [-0.2, 0) is 0 Å². The molecule has 0 bridgehead atoms. The number of aliphatic hydroxyl groups is 2. The van der Waals surface area contributed by atoms with Gasteiger partial charge in [-0.1, -0.05) is 0 Å². The zero-order valence-electron chi connectivity index (χ0n) is 9.82. The van der Waals surface area contributed by atoms with Gasteiger partial charge in [0.25, 0.3) is 0 Å². The summed E-state index contributed by atoms with van der Waals surface area (Å²) in [5.41, 5.74) is 0. The highest BCUT2D eigenvalue weighted by molar-refractivity contribution is 4.79. The molecule has 1 fully saturated rings. The van der Waals surface area contributed by atoms with Gasteiger partial charge in [-0.25, -0.2) is 0 Å². The zero-order chi connectivity index (χ0) is 11.3. The average Bonchev–Trinajstić information content (AvgIpc) is 2.66. The summed E-state index contributed by atoms with van der Waals surface area (Å²) in [6.07, 6.45) is 0.619. The second-order valence-electron chi connectivity index (χ2n) is 4.74. The highest BCUT2D eigenvalue weighted by Crippen LogP contribution is 2.17. The maximum Gasteiger partial charge on any atom is 0.0894 e. The number of aliphatic hydroxyl groups excluding tert-OH is 2. The van der Waals surface area contributed by atoms with Crippen molar-refractivity contribution >= 4 is 0 Å². The van der Waals surface area contributed by atoms with Gasteiger partial charge in [-0.3, -0.25) is 0 Å². The van der Waals surface area contributed by atoms with E-state index < -0.39 is 6.10 Å². The number of nitrogens with zero attached hydrogens (tertiary/aromatic N) is 1. The fraction of sp³-hybridized carbons (Fsp3) is 1.00. The van der Waals surface area contributed by atoms with E-state index in [4.69, 9.17) is 10.2 Å². The van der Waals surface area contributed by atoms with Gasteiger partial charge in [0, 0.05) is 19.1 Å². The lowest BCUT2D eigenvalue weighted by Crippen LogP contribution is -2.34. The molecule has 0 spiro atoms. The minimum Gasteiger partial charge on any atom is -0.394 e. The molecule has 1 aliphatic heterocycles. The minimum atomic E-state index is -0.618. The first-order valence-corrected chi connectivity index (χ1v) is 5.87. The molecule has 1 rings (SSSR count). The van der Waals surface area contributed by atoms with Crippen LogP contribution in [0.15, 0.2) is 0 Å². The largest absolute Gasteiger partial charge is 0.394 e. The monoisotopic (exact) mass is 216 g/mol. The summed E-state index contributed by atoms with van der Waals surface area (Å²) >= 11 is 0. The number of likely N-dealkylation sites (tertiary alicyclic amines) is 1. The standard InChI is InChI=1S/C11H24N2O2/c1-9(2)13-4-3-10(7-13)5-12-6-11(15)8-14/h9-12,14-15H,3-8H2,1-2H3/t10?,11-/m0/s1. The molecule has 4 nitrogen and oxygen atoms in total. The van der Waals surface area contributed by atoms with Gasteiger partial charge < -0.3 is 20.4 Å². The lowest BCUT2D eigenvalue weighted by atomic mass is 10.1. The van der Waals surface area contributed by atoms with E-state index in [1.54, 1.807) is 0 Å². The Bertz CT molecular complexity index is 176. The molecule has 0 aromatic rings. The van der Waals surface area contributed by atoms with Crippen molar-refractivity contribution in [3.05, 3.63) is 0 Å². The van der Waals surface area contributed by atoms with E-state index in [0.717, 1.165) is 13.1 Å². The van der Waals surface area contributed by atoms with Crippen molar-refractivity contribution in [3.63, 3.8) is 0 Å². The Hall–Kier alpha value is -0.160. The fourth-order valence-electron chi connectivity index (χ4n) is 2.02. The third-order valence-electron chi connectivity index (χ3n) is 3.07. The van der Waals surface area contributed by atoms with Crippen LogP contribution >= 0.6 is 0 Å². The molecule has 0 radical (unpaired) electrons. The molecule has 15 heavy (non-hydrogen) atoms. The number of rotatable bonds is 6. The lowest BCUT2D eigenvalue weighted by molar-refractivity contribution is 0.0936. The average molecular weight is 216 g/mol. The molecule has 0 saturated carbocycles. The predicted octanol–water partition coefficient (Wildman–Crippen LogP) is -0.340. The van der Waals surface area contributed by atoms with E-state index in [9.17, 15) is 0 Å². The summed E-state index contributed by atoms with van der Waals surface area (Å²) in [4.78, 5) is 2.48. The van der Waals surface area contributed by atoms with Crippen molar-refractivity contribution in [2.75, 3.05) is 32.8 Å².